The SMILES string of the molecule is CCc1nnc2n1CCC1(CC2)CCN(C(=O)c2ncccc2F)CC1. The summed E-state index contributed by atoms with van der Waals surface area (Å²) in [7, 11) is 0. The van der Waals surface area contributed by atoms with E-state index in [0.29, 0.717) is 13.1 Å². The molecule has 1 spiro atoms. The van der Waals surface area contributed by atoms with Crippen LogP contribution in [0.2, 0.25) is 0 Å². The number of piperidine rings is 1. The molecular formula is C19H24FN5O. The second-order valence-corrected chi connectivity index (χ2v) is 7.41. The lowest BCUT2D eigenvalue weighted by Gasteiger charge is -2.41. The fraction of sp³-hybridized carbons (Fsp3) is 0.579. The van der Waals surface area contributed by atoms with Crippen molar-refractivity contribution in [2.24, 2.45) is 5.41 Å². The van der Waals surface area contributed by atoms with Gasteiger partial charge in [-0.15, -0.1) is 10.2 Å². The number of likely N-dealkylation sites (tertiary alicyclic amines) is 1. The van der Waals surface area contributed by atoms with Crippen LogP contribution in [-0.2, 0) is 19.4 Å². The van der Waals surface area contributed by atoms with E-state index < -0.39 is 5.82 Å². The van der Waals surface area contributed by atoms with Gasteiger partial charge in [-0.3, -0.25) is 4.79 Å². The van der Waals surface area contributed by atoms with Crippen molar-refractivity contribution in [2.75, 3.05) is 13.1 Å². The van der Waals surface area contributed by atoms with Crippen molar-refractivity contribution in [3.05, 3.63) is 41.5 Å². The van der Waals surface area contributed by atoms with Gasteiger partial charge in [0, 0.05) is 38.7 Å². The quantitative estimate of drug-likeness (QED) is 0.829. The molecule has 2 aliphatic heterocycles. The van der Waals surface area contributed by atoms with E-state index in [1.807, 2.05) is 0 Å². The summed E-state index contributed by atoms with van der Waals surface area (Å²) in [5, 5.41) is 8.64. The van der Waals surface area contributed by atoms with Crippen LogP contribution >= 0.6 is 0 Å². The van der Waals surface area contributed by atoms with Crippen LogP contribution in [0.25, 0.3) is 0 Å². The molecule has 1 saturated heterocycles. The molecule has 7 heteroatoms. The first-order valence-electron chi connectivity index (χ1n) is 9.43. The highest BCUT2D eigenvalue weighted by molar-refractivity contribution is 5.92. The van der Waals surface area contributed by atoms with Crippen LogP contribution in [-0.4, -0.2) is 43.6 Å². The van der Waals surface area contributed by atoms with Gasteiger partial charge in [0.05, 0.1) is 0 Å². The van der Waals surface area contributed by atoms with E-state index in [1.165, 1.54) is 18.3 Å². The molecule has 0 bridgehead atoms. The Hall–Kier alpha value is -2.31. The van der Waals surface area contributed by atoms with E-state index in [0.717, 1.165) is 56.7 Å². The number of nitrogens with zero attached hydrogens (tertiary/aromatic N) is 5. The summed E-state index contributed by atoms with van der Waals surface area (Å²) >= 11 is 0. The topological polar surface area (TPSA) is 63.9 Å². The van der Waals surface area contributed by atoms with E-state index in [4.69, 9.17) is 0 Å². The third-order valence-electron chi connectivity index (χ3n) is 6.04. The molecule has 2 aromatic rings. The van der Waals surface area contributed by atoms with E-state index >= 15 is 0 Å². The average molecular weight is 357 g/mol. The lowest BCUT2D eigenvalue weighted by Crippen LogP contribution is -2.44. The highest BCUT2D eigenvalue weighted by Gasteiger charge is 2.38. The number of hydrogen-bond donors (Lipinski definition) is 0. The molecule has 6 nitrogen and oxygen atoms in total. The summed E-state index contributed by atoms with van der Waals surface area (Å²) in [4.78, 5) is 18.3. The van der Waals surface area contributed by atoms with Gasteiger partial charge in [-0.25, -0.2) is 9.37 Å². The summed E-state index contributed by atoms with van der Waals surface area (Å²) in [6.07, 6.45) is 7.38. The number of pyridine rings is 1. The van der Waals surface area contributed by atoms with Crippen molar-refractivity contribution in [1.29, 1.82) is 0 Å². The third kappa shape index (κ3) is 2.99. The Morgan fingerprint density at radius 2 is 1.96 bits per heavy atom. The van der Waals surface area contributed by atoms with Crippen LogP contribution in [0.3, 0.4) is 0 Å². The molecule has 4 rings (SSSR count). The van der Waals surface area contributed by atoms with Crippen LogP contribution in [0.15, 0.2) is 18.3 Å². The molecule has 138 valence electrons. The molecule has 0 aliphatic carbocycles. The summed E-state index contributed by atoms with van der Waals surface area (Å²) in [5.74, 6) is 1.32. The number of amides is 1. The van der Waals surface area contributed by atoms with Gasteiger partial charge in [0.25, 0.3) is 5.91 Å². The zero-order valence-electron chi connectivity index (χ0n) is 15.1. The van der Waals surface area contributed by atoms with E-state index in [1.54, 1.807) is 4.90 Å². The molecule has 0 saturated carbocycles. The molecule has 26 heavy (non-hydrogen) atoms. The Labute approximate surface area is 152 Å². The monoisotopic (exact) mass is 357 g/mol. The first kappa shape index (κ1) is 17.1. The van der Waals surface area contributed by atoms with Crippen LogP contribution in [0.5, 0.6) is 0 Å². The summed E-state index contributed by atoms with van der Waals surface area (Å²) in [6.45, 7) is 4.39. The molecule has 0 unspecified atom stereocenters. The van der Waals surface area contributed by atoms with Crippen LogP contribution in [0.4, 0.5) is 4.39 Å². The molecule has 1 fully saturated rings. The second kappa shape index (κ2) is 6.78. The number of aromatic nitrogens is 4. The zero-order chi connectivity index (χ0) is 18.1. The maximum atomic E-state index is 13.9. The molecule has 0 N–H and O–H groups in total. The van der Waals surface area contributed by atoms with Gasteiger partial charge < -0.3 is 9.47 Å². The van der Waals surface area contributed by atoms with Gasteiger partial charge in [0.1, 0.15) is 11.6 Å². The first-order chi connectivity index (χ1) is 12.6. The third-order valence-corrected chi connectivity index (χ3v) is 6.04. The summed E-state index contributed by atoms with van der Waals surface area (Å²) in [6, 6.07) is 2.80. The Kier molecular flexibility index (Phi) is 4.46. The standard InChI is InChI=1S/C19H24FN5O/c1-2-15-22-23-16-5-6-19(9-13-25(15)16)7-11-24(12-8-19)18(26)17-14(20)4-3-10-21-17/h3-4,10H,2,5-9,11-13H2,1H3. The fourth-order valence-electron chi connectivity index (χ4n) is 4.30. The highest BCUT2D eigenvalue weighted by Crippen LogP contribution is 2.41. The van der Waals surface area contributed by atoms with Crippen molar-refractivity contribution in [1.82, 2.24) is 24.6 Å². The van der Waals surface area contributed by atoms with Crippen molar-refractivity contribution in [3.63, 3.8) is 0 Å². The number of hydrogen-bond acceptors (Lipinski definition) is 4. The lowest BCUT2D eigenvalue weighted by molar-refractivity contribution is 0.0525. The maximum absolute atomic E-state index is 13.9. The fourth-order valence-corrected chi connectivity index (χ4v) is 4.30. The van der Waals surface area contributed by atoms with Gasteiger partial charge in [0.2, 0.25) is 0 Å². The maximum Gasteiger partial charge on any atom is 0.275 e. The number of aryl methyl sites for hydroxylation is 2. The normalized spacial score (nSPS) is 19.2. The minimum atomic E-state index is -0.544. The highest BCUT2D eigenvalue weighted by atomic mass is 19.1. The van der Waals surface area contributed by atoms with Crippen molar-refractivity contribution >= 4 is 5.91 Å². The molecule has 4 heterocycles. The number of carbonyl (C=O) groups excluding carboxylic acids is 1. The van der Waals surface area contributed by atoms with Crippen molar-refractivity contribution < 1.29 is 9.18 Å². The number of fused-ring (bicyclic) bond motifs is 1. The van der Waals surface area contributed by atoms with Gasteiger partial charge in [-0.2, -0.15) is 0 Å². The Morgan fingerprint density at radius 1 is 1.19 bits per heavy atom. The van der Waals surface area contributed by atoms with Crippen molar-refractivity contribution in [3.8, 4) is 0 Å². The van der Waals surface area contributed by atoms with E-state index in [2.05, 4.69) is 26.7 Å². The van der Waals surface area contributed by atoms with Gasteiger partial charge >= 0.3 is 0 Å². The van der Waals surface area contributed by atoms with Crippen LogP contribution in [0, 0.1) is 11.2 Å². The number of halogens is 1. The molecule has 2 aromatic heterocycles. The molecule has 1 amide bonds. The Morgan fingerprint density at radius 3 is 2.69 bits per heavy atom. The minimum Gasteiger partial charge on any atom is -0.337 e. The molecule has 0 aromatic carbocycles. The van der Waals surface area contributed by atoms with E-state index in [9.17, 15) is 9.18 Å². The largest absolute Gasteiger partial charge is 0.337 e. The van der Waals surface area contributed by atoms with Crippen molar-refractivity contribution in [2.45, 2.75) is 52.0 Å². The zero-order valence-corrected chi connectivity index (χ0v) is 15.1. The predicted octanol–water partition coefficient (Wildman–Crippen LogP) is 2.63. The molecule has 2 aliphatic rings. The minimum absolute atomic E-state index is 0.0666. The number of rotatable bonds is 2. The Balaban J connectivity index is 1.43. The Bertz CT molecular complexity index is 810. The molecular weight excluding hydrogens is 333 g/mol. The first-order valence-corrected chi connectivity index (χ1v) is 9.43. The summed E-state index contributed by atoms with van der Waals surface area (Å²) in [5.41, 5.74) is 0.175. The van der Waals surface area contributed by atoms with Crippen LogP contribution in [0.1, 0.15) is 54.7 Å². The predicted molar refractivity (Wildman–Crippen MR) is 94.1 cm³/mol. The molecule has 0 atom stereocenters. The van der Waals surface area contributed by atoms with Gasteiger partial charge in [0.15, 0.2) is 11.5 Å². The van der Waals surface area contributed by atoms with Gasteiger partial charge in [-0.05, 0) is 43.2 Å². The summed E-state index contributed by atoms with van der Waals surface area (Å²) < 4.78 is 16.1. The number of carbonyl (C=O) groups is 1. The van der Waals surface area contributed by atoms with Gasteiger partial charge in [-0.1, -0.05) is 6.92 Å². The molecule has 0 radical (unpaired) electrons. The lowest BCUT2D eigenvalue weighted by atomic mass is 9.72. The van der Waals surface area contributed by atoms with E-state index in [-0.39, 0.29) is 17.0 Å². The average Bonchev–Trinajstić information content (AvgIpc) is 2.99. The smallest absolute Gasteiger partial charge is 0.275 e. The van der Waals surface area contributed by atoms with Crippen LogP contribution < -0.4 is 0 Å². The second-order valence-electron chi connectivity index (χ2n) is 7.41.